The van der Waals surface area contributed by atoms with Crippen molar-refractivity contribution in [1.82, 2.24) is 0 Å². The van der Waals surface area contributed by atoms with Crippen LogP contribution in [-0.4, -0.2) is 21.5 Å². The van der Waals surface area contributed by atoms with Crippen LogP contribution in [0.25, 0.3) is 0 Å². The Hall–Kier alpha value is 0.974. The van der Waals surface area contributed by atoms with Crippen LogP contribution in [0.4, 0.5) is 0 Å². The number of nitrogens with two attached hydrogens (primary N) is 1. The van der Waals surface area contributed by atoms with E-state index in [0.29, 0.717) is 0 Å². The molecule has 5 heteroatoms. The molecule has 0 spiro atoms. The molecule has 0 aliphatic carbocycles. The van der Waals surface area contributed by atoms with Crippen LogP contribution in [0.2, 0.25) is 13.1 Å². The Kier molecular flexibility index (Phi) is 4.37. The Balaban J connectivity index is 3.46. The van der Waals surface area contributed by atoms with Gasteiger partial charge in [-0.3, -0.25) is 0 Å². The number of hydrogen-bond acceptors (Lipinski definition) is 1. The molecule has 48 valence electrons. The maximum atomic E-state index is 5.74. The van der Waals surface area contributed by atoms with Crippen molar-refractivity contribution in [3.05, 3.63) is 0 Å². The van der Waals surface area contributed by atoms with Crippen LogP contribution in [0.5, 0.6) is 0 Å². The van der Waals surface area contributed by atoms with Crippen molar-refractivity contribution >= 4 is 38.4 Å². The molecule has 0 bridgehead atoms. The van der Waals surface area contributed by atoms with E-state index in [0.717, 1.165) is 0 Å². The molecule has 0 fully saturated rings. The van der Waals surface area contributed by atoms with Crippen molar-refractivity contribution < 1.29 is 0 Å². The topological polar surface area (TPSA) is 26.0 Å². The molecule has 0 rings (SSSR count). The standard InChI is InChI=1S/C3H9Cl2NSi2/c1-7(4)3(6)8(2)5/h3H,6H2,1-2H3. The molecular formula is C3H9Cl2NSi2. The van der Waals surface area contributed by atoms with Gasteiger partial charge >= 0.3 is 0 Å². The molecule has 0 saturated carbocycles. The molecule has 0 aromatic heterocycles. The lowest BCUT2D eigenvalue weighted by atomic mass is 11.5. The van der Waals surface area contributed by atoms with Gasteiger partial charge in [0, 0.05) is 5.29 Å². The molecule has 1 nitrogen and oxygen atoms in total. The number of hydrogen-bond donors (Lipinski definition) is 1. The normalized spacial score (nSPS) is 12.0. The molecule has 2 N–H and O–H groups in total. The van der Waals surface area contributed by atoms with Gasteiger partial charge in [0.05, 0.1) is 0 Å². The molecule has 0 saturated heterocycles. The summed E-state index contributed by atoms with van der Waals surface area (Å²) in [7, 11) is -1.70. The van der Waals surface area contributed by atoms with E-state index >= 15 is 0 Å². The van der Waals surface area contributed by atoms with Gasteiger partial charge in [0.1, 0.15) is 0 Å². The van der Waals surface area contributed by atoms with Gasteiger partial charge in [0.2, 0.25) is 0 Å². The molecule has 2 radical (unpaired) electrons. The summed E-state index contributed by atoms with van der Waals surface area (Å²) in [5, 5.41) is 0.105. The number of rotatable bonds is 2. The van der Waals surface area contributed by atoms with Gasteiger partial charge in [0.25, 0.3) is 0 Å². The highest BCUT2D eigenvalue weighted by molar-refractivity contribution is 7.20. The van der Waals surface area contributed by atoms with Gasteiger partial charge in [-0.05, 0) is 0 Å². The molecule has 0 amide bonds. The fourth-order valence-corrected chi connectivity index (χ4v) is 5.92. The second-order valence-corrected chi connectivity index (χ2v) is 9.40. The predicted molar refractivity (Wildman–Crippen MR) is 42.9 cm³/mol. The average molecular weight is 186 g/mol. The third kappa shape index (κ3) is 3.09. The minimum Gasteiger partial charge on any atom is -0.331 e. The first-order valence-electron chi connectivity index (χ1n) is 2.29. The fraction of sp³-hybridized carbons (Fsp3) is 1.00. The Labute approximate surface area is 62.8 Å². The SMILES string of the molecule is C[Si](Cl)C(N)[Si](C)Cl. The maximum Gasteiger partial charge on any atom is 0.177 e. The van der Waals surface area contributed by atoms with Gasteiger partial charge in [-0.1, -0.05) is 13.1 Å². The lowest BCUT2D eigenvalue weighted by Crippen LogP contribution is -2.42. The van der Waals surface area contributed by atoms with Crippen LogP contribution < -0.4 is 5.73 Å². The molecule has 0 aliphatic heterocycles. The van der Waals surface area contributed by atoms with E-state index in [-0.39, 0.29) is 5.29 Å². The lowest BCUT2D eigenvalue weighted by Gasteiger charge is -2.10. The van der Waals surface area contributed by atoms with Crippen LogP contribution >= 0.6 is 22.2 Å². The van der Waals surface area contributed by atoms with Crippen molar-refractivity contribution in [1.29, 1.82) is 0 Å². The van der Waals surface area contributed by atoms with Crippen molar-refractivity contribution in [3.63, 3.8) is 0 Å². The summed E-state index contributed by atoms with van der Waals surface area (Å²) >= 11 is 11.5. The summed E-state index contributed by atoms with van der Waals surface area (Å²) in [6, 6.07) is 0. The zero-order valence-corrected chi connectivity index (χ0v) is 8.42. The van der Waals surface area contributed by atoms with Crippen LogP contribution in [0.15, 0.2) is 0 Å². The van der Waals surface area contributed by atoms with Gasteiger partial charge in [-0.15, -0.1) is 0 Å². The smallest absolute Gasteiger partial charge is 0.177 e. The van der Waals surface area contributed by atoms with Crippen LogP contribution in [0.3, 0.4) is 0 Å². The molecule has 0 aromatic rings. The minimum absolute atomic E-state index is 0.105. The van der Waals surface area contributed by atoms with E-state index in [1.54, 1.807) is 0 Å². The Morgan fingerprint density at radius 2 is 1.50 bits per heavy atom. The van der Waals surface area contributed by atoms with Crippen molar-refractivity contribution in [2.75, 3.05) is 0 Å². The first kappa shape index (κ1) is 8.97. The Morgan fingerprint density at radius 3 is 1.50 bits per heavy atom. The van der Waals surface area contributed by atoms with Crippen molar-refractivity contribution in [2.45, 2.75) is 18.4 Å². The zero-order valence-electron chi connectivity index (χ0n) is 4.91. The first-order chi connectivity index (χ1) is 3.55. The first-order valence-corrected chi connectivity index (χ1v) is 8.47. The number of halogens is 2. The van der Waals surface area contributed by atoms with E-state index < -0.39 is 16.2 Å². The van der Waals surface area contributed by atoms with E-state index in [9.17, 15) is 0 Å². The monoisotopic (exact) mass is 185 g/mol. The second-order valence-electron chi connectivity index (χ2n) is 1.65. The summed E-state index contributed by atoms with van der Waals surface area (Å²) in [4.78, 5) is 0. The third-order valence-corrected chi connectivity index (χ3v) is 7.68. The summed E-state index contributed by atoms with van der Waals surface area (Å²) in [6.45, 7) is 3.93. The van der Waals surface area contributed by atoms with Crippen molar-refractivity contribution in [2.24, 2.45) is 5.73 Å². The van der Waals surface area contributed by atoms with E-state index in [1.165, 1.54) is 0 Å². The quantitative estimate of drug-likeness (QED) is 0.507. The molecule has 0 aromatic carbocycles. The van der Waals surface area contributed by atoms with Gasteiger partial charge in [-0.2, -0.15) is 22.2 Å². The Bertz CT molecular complexity index is 60.3. The lowest BCUT2D eigenvalue weighted by molar-refractivity contribution is 1.22. The molecule has 0 heterocycles. The van der Waals surface area contributed by atoms with Gasteiger partial charge in [0.15, 0.2) is 16.2 Å². The largest absolute Gasteiger partial charge is 0.331 e. The summed E-state index contributed by atoms with van der Waals surface area (Å²) in [5.41, 5.74) is 5.59. The van der Waals surface area contributed by atoms with Gasteiger partial charge < -0.3 is 5.73 Å². The summed E-state index contributed by atoms with van der Waals surface area (Å²) < 4.78 is 0. The van der Waals surface area contributed by atoms with Crippen LogP contribution in [0, 0.1) is 0 Å². The second kappa shape index (κ2) is 3.90. The average Bonchev–Trinajstić information content (AvgIpc) is 1.64. The van der Waals surface area contributed by atoms with Crippen LogP contribution in [-0.2, 0) is 0 Å². The predicted octanol–water partition coefficient (Wildman–Crippen LogP) is 1.11. The molecule has 0 atom stereocenters. The van der Waals surface area contributed by atoms with Gasteiger partial charge in [-0.25, -0.2) is 0 Å². The third-order valence-electron chi connectivity index (χ3n) is 0.857. The fourth-order valence-electron chi connectivity index (χ4n) is 0.274. The van der Waals surface area contributed by atoms with E-state index in [4.69, 9.17) is 27.9 Å². The summed E-state index contributed by atoms with van der Waals surface area (Å²) in [6.07, 6.45) is 0. The molecule has 0 unspecified atom stereocenters. The highest BCUT2D eigenvalue weighted by Gasteiger charge is 2.19. The highest BCUT2D eigenvalue weighted by atomic mass is 35.6. The van der Waals surface area contributed by atoms with Crippen LogP contribution in [0.1, 0.15) is 0 Å². The van der Waals surface area contributed by atoms with E-state index in [2.05, 4.69) is 0 Å². The van der Waals surface area contributed by atoms with Crippen molar-refractivity contribution in [3.8, 4) is 0 Å². The Morgan fingerprint density at radius 1 is 1.25 bits per heavy atom. The molecular weight excluding hydrogens is 177 g/mol. The molecule has 8 heavy (non-hydrogen) atoms. The zero-order chi connectivity index (χ0) is 6.73. The maximum absolute atomic E-state index is 5.74. The van der Waals surface area contributed by atoms with E-state index in [1.807, 2.05) is 13.1 Å². The molecule has 0 aliphatic rings. The minimum atomic E-state index is -0.849. The highest BCUT2D eigenvalue weighted by Crippen LogP contribution is 2.01. The summed E-state index contributed by atoms with van der Waals surface area (Å²) in [5.74, 6) is 0.